The van der Waals surface area contributed by atoms with Gasteiger partial charge in [-0.2, -0.15) is 0 Å². The molecule has 5 rings (SSSR count). The molecule has 2 aliphatic rings. The zero-order valence-electron chi connectivity index (χ0n) is 21.5. The van der Waals surface area contributed by atoms with Gasteiger partial charge in [0.15, 0.2) is 0 Å². The Labute approximate surface area is 217 Å². The van der Waals surface area contributed by atoms with Crippen LogP contribution < -0.4 is 10.6 Å². The SMILES string of the molecule is CCC(CCN(C)C(=O)c1cc(C)[nH]c1/C=C1\C(=O)Nc2cccc(-c3cccc(F)c3)c21)NC1CC1. The average Bonchev–Trinajstić information content (AvgIpc) is 3.55. The van der Waals surface area contributed by atoms with E-state index in [1.54, 1.807) is 17.0 Å². The molecule has 0 bridgehead atoms. The van der Waals surface area contributed by atoms with Crippen LogP contribution in [0.4, 0.5) is 10.1 Å². The molecule has 0 radical (unpaired) electrons. The van der Waals surface area contributed by atoms with Gasteiger partial charge in [-0.05, 0) is 74.1 Å². The largest absolute Gasteiger partial charge is 0.358 e. The van der Waals surface area contributed by atoms with Crippen LogP contribution in [-0.4, -0.2) is 47.4 Å². The highest BCUT2D eigenvalue weighted by Crippen LogP contribution is 2.40. The van der Waals surface area contributed by atoms with Crippen LogP contribution >= 0.6 is 0 Å². The van der Waals surface area contributed by atoms with E-state index < -0.39 is 0 Å². The van der Waals surface area contributed by atoms with E-state index in [1.807, 2.05) is 44.3 Å². The number of rotatable bonds is 9. The molecule has 1 aliphatic carbocycles. The summed E-state index contributed by atoms with van der Waals surface area (Å²) >= 11 is 0. The fourth-order valence-electron chi connectivity index (χ4n) is 4.97. The molecule has 2 aromatic carbocycles. The van der Waals surface area contributed by atoms with Crippen LogP contribution in [0.15, 0.2) is 48.5 Å². The van der Waals surface area contributed by atoms with E-state index in [0.29, 0.717) is 52.3 Å². The normalized spacial score (nSPS) is 16.5. The van der Waals surface area contributed by atoms with Crippen LogP contribution in [0.3, 0.4) is 0 Å². The lowest BCUT2D eigenvalue weighted by molar-refractivity contribution is -0.110. The number of nitrogens with zero attached hydrogens (tertiary/aromatic N) is 1. The molecule has 0 saturated heterocycles. The van der Waals surface area contributed by atoms with Gasteiger partial charge in [-0.3, -0.25) is 9.59 Å². The molecular formula is C30H33FN4O2. The monoisotopic (exact) mass is 500 g/mol. The standard InChI is InChI=1S/C30H33FN4O2/c1-4-21(33-22-11-12-22)13-14-35(3)30(37)24-15-18(2)32-27(24)17-25-28-23(19-7-5-8-20(31)16-19)9-6-10-26(28)34-29(25)36/h5-10,15-17,21-22,32-33H,4,11-14H2,1-3H3,(H,34,36)/b25-17-. The zero-order chi connectivity index (χ0) is 26.1. The zero-order valence-corrected chi connectivity index (χ0v) is 21.5. The van der Waals surface area contributed by atoms with Gasteiger partial charge in [-0.25, -0.2) is 4.39 Å². The van der Waals surface area contributed by atoms with E-state index in [-0.39, 0.29) is 17.6 Å². The van der Waals surface area contributed by atoms with Gasteiger partial charge in [-0.1, -0.05) is 31.2 Å². The number of aromatic nitrogens is 1. The van der Waals surface area contributed by atoms with Crippen molar-refractivity contribution < 1.29 is 14.0 Å². The van der Waals surface area contributed by atoms with E-state index >= 15 is 0 Å². The number of amides is 2. The topological polar surface area (TPSA) is 77.2 Å². The fraction of sp³-hybridized carbons (Fsp3) is 0.333. The van der Waals surface area contributed by atoms with Crippen molar-refractivity contribution in [3.63, 3.8) is 0 Å². The Hall–Kier alpha value is -3.71. The second kappa shape index (κ2) is 10.3. The minimum atomic E-state index is -0.341. The summed E-state index contributed by atoms with van der Waals surface area (Å²) in [7, 11) is 1.82. The van der Waals surface area contributed by atoms with E-state index in [9.17, 15) is 14.0 Å². The van der Waals surface area contributed by atoms with Crippen LogP contribution in [0.1, 0.15) is 59.9 Å². The van der Waals surface area contributed by atoms with Crippen molar-refractivity contribution >= 4 is 29.2 Å². The number of aryl methyl sites for hydroxylation is 1. The maximum atomic E-state index is 14.0. The van der Waals surface area contributed by atoms with Crippen LogP contribution in [0.25, 0.3) is 22.8 Å². The molecule has 1 fully saturated rings. The molecule has 3 N–H and O–H groups in total. The predicted molar refractivity (Wildman–Crippen MR) is 146 cm³/mol. The lowest BCUT2D eigenvalue weighted by atomic mass is 9.94. The summed E-state index contributed by atoms with van der Waals surface area (Å²) in [5, 5.41) is 6.57. The summed E-state index contributed by atoms with van der Waals surface area (Å²) in [6.45, 7) is 4.71. The fourth-order valence-corrected chi connectivity index (χ4v) is 4.97. The van der Waals surface area contributed by atoms with Gasteiger partial charge in [0.25, 0.3) is 11.8 Å². The number of H-pyrrole nitrogens is 1. The smallest absolute Gasteiger partial charge is 0.256 e. The first kappa shape index (κ1) is 25.0. The number of benzene rings is 2. The Morgan fingerprint density at radius 3 is 2.73 bits per heavy atom. The van der Waals surface area contributed by atoms with Crippen molar-refractivity contribution in [3.05, 3.63) is 76.9 Å². The number of nitrogens with one attached hydrogen (secondary N) is 3. The second-order valence-corrected chi connectivity index (χ2v) is 10.1. The van der Waals surface area contributed by atoms with E-state index in [0.717, 1.165) is 24.1 Å². The van der Waals surface area contributed by atoms with Crippen molar-refractivity contribution in [1.29, 1.82) is 0 Å². The molecule has 1 unspecified atom stereocenters. The van der Waals surface area contributed by atoms with Gasteiger partial charge in [0.2, 0.25) is 0 Å². The van der Waals surface area contributed by atoms with Gasteiger partial charge in [-0.15, -0.1) is 0 Å². The number of halogens is 1. The molecule has 1 aliphatic heterocycles. The lowest BCUT2D eigenvalue weighted by Crippen LogP contribution is -2.36. The lowest BCUT2D eigenvalue weighted by Gasteiger charge is -2.22. The summed E-state index contributed by atoms with van der Waals surface area (Å²) < 4.78 is 14.0. The molecule has 192 valence electrons. The first-order valence-corrected chi connectivity index (χ1v) is 13.0. The molecular weight excluding hydrogens is 467 g/mol. The summed E-state index contributed by atoms with van der Waals surface area (Å²) in [5.74, 6) is -0.684. The van der Waals surface area contributed by atoms with Crippen molar-refractivity contribution in [1.82, 2.24) is 15.2 Å². The number of hydrogen-bond acceptors (Lipinski definition) is 3. The maximum absolute atomic E-state index is 14.0. The summed E-state index contributed by atoms with van der Waals surface area (Å²) in [5.41, 5.74) is 5.20. The quantitative estimate of drug-likeness (QED) is 0.334. The number of carbonyl (C=O) groups is 2. The summed E-state index contributed by atoms with van der Waals surface area (Å²) in [6.07, 6.45) is 6.14. The molecule has 3 aromatic rings. The number of hydrogen-bond donors (Lipinski definition) is 3. The first-order chi connectivity index (χ1) is 17.8. The Morgan fingerprint density at radius 2 is 2.00 bits per heavy atom. The number of anilines is 1. The summed E-state index contributed by atoms with van der Waals surface area (Å²) in [6, 6.07) is 14.7. The summed E-state index contributed by atoms with van der Waals surface area (Å²) in [4.78, 5) is 31.5. The van der Waals surface area contributed by atoms with E-state index in [2.05, 4.69) is 22.5 Å². The second-order valence-electron chi connectivity index (χ2n) is 10.1. The molecule has 2 amide bonds. The highest BCUT2D eigenvalue weighted by Gasteiger charge is 2.29. The molecule has 1 saturated carbocycles. The Kier molecular flexibility index (Phi) is 6.98. The van der Waals surface area contributed by atoms with Crippen LogP contribution in [0.5, 0.6) is 0 Å². The molecule has 1 atom stereocenters. The first-order valence-electron chi connectivity index (χ1n) is 13.0. The van der Waals surface area contributed by atoms with Crippen molar-refractivity contribution in [2.24, 2.45) is 0 Å². The Balaban J connectivity index is 1.44. The van der Waals surface area contributed by atoms with Crippen molar-refractivity contribution in [2.45, 2.75) is 51.6 Å². The third-order valence-corrected chi connectivity index (χ3v) is 7.17. The van der Waals surface area contributed by atoms with Crippen LogP contribution in [0, 0.1) is 12.7 Å². The predicted octanol–water partition coefficient (Wildman–Crippen LogP) is 5.61. The van der Waals surface area contributed by atoms with Gasteiger partial charge in [0.05, 0.1) is 16.8 Å². The molecule has 2 heterocycles. The minimum absolute atomic E-state index is 0.0884. The Morgan fingerprint density at radius 1 is 1.22 bits per heavy atom. The number of carbonyl (C=O) groups excluding carboxylic acids is 2. The van der Waals surface area contributed by atoms with Crippen molar-refractivity contribution in [3.8, 4) is 11.1 Å². The minimum Gasteiger partial charge on any atom is -0.358 e. The maximum Gasteiger partial charge on any atom is 0.256 e. The van der Waals surface area contributed by atoms with Crippen molar-refractivity contribution in [2.75, 3.05) is 18.9 Å². The molecule has 6 nitrogen and oxygen atoms in total. The van der Waals surface area contributed by atoms with Gasteiger partial charge < -0.3 is 20.5 Å². The van der Waals surface area contributed by atoms with Crippen LogP contribution in [-0.2, 0) is 4.79 Å². The van der Waals surface area contributed by atoms with Gasteiger partial charge in [0.1, 0.15) is 5.82 Å². The number of aromatic amines is 1. The molecule has 37 heavy (non-hydrogen) atoms. The van der Waals surface area contributed by atoms with Gasteiger partial charge >= 0.3 is 0 Å². The highest BCUT2D eigenvalue weighted by molar-refractivity contribution is 6.36. The van der Waals surface area contributed by atoms with E-state index in [4.69, 9.17) is 0 Å². The Bertz CT molecular complexity index is 1370. The van der Waals surface area contributed by atoms with Gasteiger partial charge in [0, 0.05) is 42.6 Å². The molecule has 7 heteroatoms. The van der Waals surface area contributed by atoms with Crippen LogP contribution in [0.2, 0.25) is 0 Å². The van der Waals surface area contributed by atoms with E-state index in [1.165, 1.54) is 25.0 Å². The number of fused-ring (bicyclic) bond motifs is 1. The third kappa shape index (κ3) is 5.37. The third-order valence-electron chi connectivity index (χ3n) is 7.17. The highest BCUT2D eigenvalue weighted by atomic mass is 19.1. The molecule has 1 aromatic heterocycles. The molecule has 0 spiro atoms. The average molecular weight is 501 g/mol.